The summed E-state index contributed by atoms with van der Waals surface area (Å²) in [4.78, 5) is 0. The molecule has 0 unspecified atom stereocenters. The van der Waals surface area contributed by atoms with Crippen LogP contribution in [-0.4, -0.2) is 36.4 Å². The maximum atomic E-state index is 9.95. The van der Waals surface area contributed by atoms with Crippen LogP contribution in [0.2, 0.25) is 0 Å². The average molecular weight is 186 g/mol. The van der Waals surface area contributed by atoms with Gasteiger partial charge in [-0.15, -0.1) is 0 Å². The van der Waals surface area contributed by atoms with Crippen LogP contribution in [-0.2, 0) is 0 Å². The first-order valence-corrected chi connectivity index (χ1v) is 5.26. The van der Waals surface area contributed by atoms with Crippen molar-refractivity contribution in [1.82, 2.24) is 10.6 Å². The Labute approximate surface area is 80.9 Å². The van der Waals surface area contributed by atoms with E-state index in [1.807, 2.05) is 7.05 Å². The molecular formula is C10H22N2O. The molecule has 0 spiro atoms. The summed E-state index contributed by atoms with van der Waals surface area (Å²) in [6.45, 7) is 4.24. The highest BCUT2D eigenvalue weighted by Gasteiger charge is 2.30. The third kappa shape index (κ3) is 2.93. The number of aliphatic hydroxyl groups excluding tert-OH is 1. The summed E-state index contributed by atoms with van der Waals surface area (Å²) in [5.74, 6) is 0. The van der Waals surface area contributed by atoms with Crippen LogP contribution in [0.15, 0.2) is 0 Å². The van der Waals surface area contributed by atoms with Crippen LogP contribution in [0.1, 0.15) is 33.1 Å². The number of hydrogen-bond donors (Lipinski definition) is 3. The first kappa shape index (κ1) is 11.0. The summed E-state index contributed by atoms with van der Waals surface area (Å²) in [5, 5.41) is 16.5. The van der Waals surface area contributed by atoms with Gasteiger partial charge >= 0.3 is 0 Å². The second-order valence-corrected chi connectivity index (χ2v) is 4.24. The van der Waals surface area contributed by atoms with Crippen molar-refractivity contribution in [3.8, 4) is 0 Å². The second-order valence-electron chi connectivity index (χ2n) is 4.24. The summed E-state index contributed by atoms with van der Waals surface area (Å²) < 4.78 is 0. The Morgan fingerprint density at radius 1 is 1.23 bits per heavy atom. The van der Waals surface area contributed by atoms with Gasteiger partial charge < -0.3 is 15.7 Å². The van der Waals surface area contributed by atoms with Gasteiger partial charge in [-0.3, -0.25) is 0 Å². The fourth-order valence-corrected chi connectivity index (χ4v) is 2.10. The summed E-state index contributed by atoms with van der Waals surface area (Å²) in [5.41, 5.74) is 0. The first-order valence-electron chi connectivity index (χ1n) is 5.26. The van der Waals surface area contributed by atoms with Gasteiger partial charge in [0.05, 0.1) is 6.10 Å². The van der Waals surface area contributed by atoms with Crippen LogP contribution < -0.4 is 10.6 Å². The van der Waals surface area contributed by atoms with E-state index < -0.39 is 0 Å². The van der Waals surface area contributed by atoms with Crippen LogP contribution in [0.3, 0.4) is 0 Å². The van der Waals surface area contributed by atoms with E-state index in [4.69, 9.17) is 0 Å². The van der Waals surface area contributed by atoms with Crippen molar-refractivity contribution < 1.29 is 5.11 Å². The molecule has 13 heavy (non-hydrogen) atoms. The Kier molecular flexibility index (Phi) is 4.16. The molecule has 1 aliphatic carbocycles. The first-order chi connectivity index (χ1) is 6.15. The average Bonchev–Trinajstić information content (AvgIpc) is 2.08. The van der Waals surface area contributed by atoms with Gasteiger partial charge in [0.25, 0.3) is 0 Å². The van der Waals surface area contributed by atoms with Gasteiger partial charge in [-0.05, 0) is 19.9 Å². The molecule has 3 heteroatoms. The maximum absolute atomic E-state index is 9.95. The highest BCUT2D eigenvalue weighted by Crippen LogP contribution is 2.19. The molecule has 78 valence electrons. The molecule has 3 nitrogen and oxygen atoms in total. The van der Waals surface area contributed by atoms with Crippen LogP contribution in [0.5, 0.6) is 0 Å². The molecule has 0 bridgehead atoms. The predicted molar refractivity (Wildman–Crippen MR) is 54.8 cm³/mol. The molecule has 3 atom stereocenters. The fourth-order valence-electron chi connectivity index (χ4n) is 2.10. The number of rotatable bonds is 3. The van der Waals surface area contributed by atoms with Gasteiger partial charge in [-0.25, -0.2) is 0 Å². The van der Waals surface area contributed by atoms with Crippen LogP contribution in [0, 0.1) is 0 Å². The van der Waals surface area contributed by atoms with Crippen LogP contribution >= 0.6 is 0 Å². The zero-order valence-electron chi connectivity index (χ0n) is 8.88. The van der Waals surface area contributed by atoms with Gasteiger partial charge in [-0.2, -0.15) is 0 Å². The summed E-state index contributed by atoms with van der Waals surface area (Å²) in [7, 11) is 1.92. The molecule has 0 aromatic heterocycles. The fraction of sp³-hybridized carbons (Fsp3) is 1.00. The SMILES string of the molecule is CN[C@H]1CCC[C@H](NC(C)C)[C@@H]1O. The molecule has 1 aliphatic rings. The van der Waals surface area contributed by atoms with Crippen LogP contribution in [0.4, 0.5) is 0 Å². The molecule has 3 N–H and O–H groups in total. The lowest BCUT2D eigenvalue weighted by molar-refractivity contribution is 0.0571. The lowest BCUT2D eigenvalue weighted by atomic mass is 9.88. The minimum absolute atomic E-state index is 0.235. The van der Waals surface area contributed by atoms with Gasteiger partial charge in [0.1, 0.15) is 0 Å². The van der Waals surface area contributed by atoms with Crippen molar-refractivity contribution >= 4 is 0 Å². The number of likely N-dealkylation sites (N-methyl/N-ethyl adjacent to an activating group) is 1. The molecular weight excluding hydrogens is 164 g/mol. The van der Waals surface area contributed by atoms with Crippen molar-refractivity contribution in [1.29, 1.82) is 0 Å². The van der Waals surface area contributed by atoms with E-state index in [0.29, 0.717) is 6.04 Å². The maximum Gasteiger partial charge on any atom is 0.0845 e. The summed E-state index contributed by atoms with van der Waals surface area (Å²) in [6, 6.07) is 0.992. The molecule has 0 heterocycles. The number of nitrogens with one attached hydrogen (secondary N) is 2. The summed E-state index contributed by atoms with van der Waals surface area (Å²) in [6.07, 6.45) is 3.15. The minimum atomic E-state index is -0.235. The quantitative estimate of drug-likeness (QED) is 0.601. The Hall–Kier alpha value is -0.120. The lowest BCUT2D eigenvalue weighted by Crippen LogP contribution is -2.54. The Morgan fingerprint density at radius 3 is 2.38 bits per heavy atom. The topological polar surface area (TPSA) is 44.3 Å². The van der Waals surface area contributed by atoms with Crippen molar-refractivity contribution in [2.24, 2.45) is 0 Å². The van der Waals surface area contributed by atoms with Crippen molar-refractivity contribution in [2.45, 2.75) is 57.3 Å². The van der Waals surface area contributed by atoms with E-state index in [9.17, 15) is 5.11 Å². The second kappa shape index (κ2) is 4.94. The zero-order valence-corrected chi connectivity index (χ0v) is 8.88. The Morgan fingerprint density at radius 2 is 1.85 bits per heavy atom. The van der Waals surface area contributed by atoms with E-state index in [2.05, 4.69) is 24.5 Å². The van der Waals surface area contributed by atoms with E-state index >= 15 is 0 Å². The van der Waals surface area contributed by atoms with E-state index in [-0.39, 0.29) is 18.2 Å². The molecule has 0 aromatic rings. The highest BCUT2D eigenvalue weighted by molar-refractivity contribution is 4.90. The third-order valence-electron chi connectivity index (χ3n) is 2.77. The van der Waals surface area contributed by atoms with Crippen molar-refractivity contribution in [3.63, 3.8) is 0 Å². The van der Waals surface area contributed by atoms with Gasteiger partial charge in [0.2, 0.25) is 0 Å². The Balaban J connectivity index is 2.44. The van der Waals surface area contributed by atoms with Gasteiger partial charge in [0, 0.05) is 18.1 Å². The lowest BCUT2D eigenvalue weighted by Gasteiger charge is -2.36. The molecule has 0 aliphatic heterocycles. The van der Waals surface area contributed by atoms with Crippen molar-refractivity contribution in [3.05, 3.63) is 0 Å². The normalized spacial score (nSPS) is 35.3. The third-order valence-corrected chi connectivity index (χ3v) is 2.77. The molecule has 0 saturated heterocycles. The zero-order chi connectivity index (χ0) is 9.84. The number of hydrogen-bond acceptors (Lipinski definition) is 3. The van der Waals surface area contributed by atoms with Gasteiger partial charge in [-0.1, -0.05) is 20.3 Å². The van der Waals surface area contributed by atoms with E-state index in [0.717, 1.165) is 12.8 Å². The molecule has 0 aromatic carbocycles. The van der Waals surface area contributed by atoms with E-state index in [1.54, 1.807) is 0 Å². The smallest absolute Gasteiger partial charge is 0.0845 e. The largest absolute Gasteiger partial charge is 0.390 e. The number of aliphatic hydroxyl groups is 1. The minimum Gasteiger partial charge on any atom is -0.390 e. The highest BCUT2D eigenvalue weighted by atomic mass is 16.3. The van der Waals surface area contributed by atoms with Crippen molar-refractivity contribution in [2.75, 3.05) is 7.05 Å². The molecule has 1 saturated carbocycles. The molecule has 0 radical (unpaired) electrons. The molecule has 1 fully saturated rings. The molecule has 1 rings (SSSR count). The molecule has 0 amide bonds. The van der Waals surface area contributed by atoms with Crippen LogP contribution in [0.25, 0.3) is 0 Å². The van der Waals surface area contributed by atoms with Gasteiger partial charge in [0.15, 0.2) is 0 Å². The Bertz CT molecular complexity index is 150. The monoisotopic (exact) mass is 186 g/mol. The standard InChI is InChI=1S/C10H22N2O/c1-7(2)12-9-6-4-5-8(11-3)10(9)13/h7-13H,4-6H2,1-3H3/t8-,9-,10+/m0/s1. The van der Waals surface area contributed by atoms with E-state index in [1.165, 1.54) is 6.42 Å². The summed E-state index contributed by atoms with van der Waals surface area (Å²) >= 11 is 0. The predicted octanol–water partition coefficient (Wildman–Crippen LogP) is 0.486.